The zero-order chi connectivity index (χ0) is 13.7. The molecule has 0 heterocycles. The highest BCUT2D eigenvalue weighted by Gasteiger charge is 2.37. The second-order valence-corrected chi connectivity index (χ2v) is 4.36. The molecule has 3 nitrogen and oxygen atoms in total. The Balaban J connectivity index is 2.20. The van der Waals surface area contributed by atoms with Crippen LogP contribution in [0.15, 0.2) is 61.2 Å². The molecule has 0 aliphatic heterocycles. The van der Waals surface area contributed by atoms with Gasteiger partial charge in [-0.25, -0.2) is 4.79 Å². The summed E-state index contributed by atoms with van der Waals surface area (Å²) in [6, 6.07) is 9.85. The van der Waals surface area contributed by atoms with Crippen molar-refractivity contribution in [1.82, 2.24) is 0 Å². The van der Waals surface area contributed by atoms with Crippen molar-refractivity contribution in [2.24, 2.45) is 0 Å². The van der Waals surface area contributed by atoms with Crippen molar-refractivity contribution < 1.29 is 14.6 Å². The van der Waals surface area contributed by atoms with Crippen molar-refractivity contribution in [3.05, 3.63) is 66.8 Å². The summed E-state index contributed by atoms with van der Waals surface area (Å²) < 4.78 is 5.42. The summed E-state index contributed by atoms with van der Waals surface area (Å²) >= 11 is 0. The molecule has 1 aliphatic rings. The fourth-order valence-electron chi connectivity index (χ4n) is 2.00. The molecule has 1 atom stereocenters. The summed E-state index contributed by atoms with van der Waals surface area (Å²) in [5.74, 6) is -0.978. The maximum Gasteiger partial charge on any atom is 0.340 e. The summed E-state index contributed by atoms with van der Waals surface area (Å²) in [4.78, 5) is 11.4. The lowest BCUT2D eigenvalue weighted by Gasteiger charge is -2.27. The largest absolute Gasteiger partial charge is 0.479 e. The van der Waals surface area contributed by atoms with Crippen molar-refractivity contribution in [3.63, 3.8) is 0 Å². The number of hydrogen-bond donors (Lipinski definition) is 1. The zero-order valence-electron chi connectivity index (χ0n) is 10.6. The van der Waals surface area contributed by atoms with Crippen LogP contribution in [0.1, 0.15) is 12.0 Å². The number of benzene rings is 1. The zero-order valence-corrected chi connectivity index (χ0v) is 10.6. The van der Waals surface area contributed by atoms with Crippen LogP contribution in [0.3, 0.4) is 0 Å². The lowest BCUT2D eigenvalue weighted by molar-refractivity contribution is -0.157. The molecule has 19 heavy (non-hydrogen) atoms. The molecule has 1 aliphatic carbocycles. The SMILES string of the molecule is C=CCOC1(C(=O)O)C=CC(c2ccccc2)=CC1. The minimum absolute atomic E-state index is 0.213. The summed E-state index contributed by atoms with van der Waals surface area (Å²) in [5.41, 5.74) is 0.813. The van der Waals surface area contributed by atoms with Gasteiger partial charge in [0, 0.05) is 6.42 Å². The molecule has 0 fully saturated rings. The second-order valence-electron chi connectivity index (χ2n) is 4.36. The highest BCUT2D eigenvalue weighted by Crippen LogP contribution is 2.29. The number of allylic oxidation sites excluding steroid dienone is 2. The normalized spacial score (nSPS) is 21.8. The smallest absolute Gasteiger partial charge is 0.340 e. The van der Waals surface area contributed by atoms with Crippen LogP contribution in [-0.2, 0) is 9.53 Å². The average Bonchev–Trinajstić information content (AvgIpc) is 2.46. The van der Waals surface area contributed by atoms with Crippen LogP contribution in [-0.4, -0.2) is 23.3 Å². The molecule has 0 bridgehead atoms. The van der Waals surface area contributed by atoms with Crippen LogP contribution in [0.25, 0.3) is 5.57 Å². The lowest BCUT2D eigenvalue weighted by Crippen LogP contribution is -2.40. The van der Waals surface area contributed by atoms with Gasteiger partial charge < -0.3 is 9.84 Å². The summed E-state index contributed by atoms with van der Waals surface area (Å²) in [6.45, 7) is 3.75. The van der Waals surface area contributed by atoms with Crippen molar-refractivity contribution in [3.8, 4) is 0 Å². The van der Waals surface area contributed by atoms with Gasteiger partial charge in [0.2, 0.25) is 0 Å². The van der Waals surface area contributed by atoms with Crippen LogP contribution in [0.2, 0.25) is 0 Å². The molecule has 0 radical (unpaired) electrons. The molecule has 3 heteroatoms. The van der Waals surface area contributed by atoms with Crippen LogP contribution in [0.5, 0.6) is 0 Å². The highest BCUT2D eigenvalue weighted by molar-refractivity contribution is 5.85. The van der Waals surface area contributed by atoms with Crippen molar-refractivity contribution in [2.75, 3.05) is 6.61 Å². The van der Waals surface area contributed by atoms with Gasteiger partial charge in [0.05, 0.1) is 6.61 Å². The van der Waals surface area contributed by atoms with Crippen LogP contribution in [0.4, 0.5) is 0 Å². The first-order valence-electron chi connectivity index (χ1n) is 6.11. The van der Waals surface area contributed by atoms with Gasteiger partial charge in [-0.15, -0.1) is 6.58 Å². The second kappa shape index (κ2) is 5.67. The van der Waals surface area contributed by atoms with Gasteiger partial charge in [-0.1, -0.05) is 48.6 Å². The first kappa shape index (κ1) is 13.3. The quantitative estimate of drug-likeness (QED) is 0.824. The van der Waals surface area contributed by atoms with Gasteiger partial charge in [-0.3, -0.25) is 0 Å². The fraction of sp³-hybridized carbons (Fsp3) is 0.188. The number of hydrogen-bond acceptors (Lipinski definition) is 2. The maximum absolute atomic E-state index is 11.4. The molecule has 2 rings (SSSR count). The van der Waals surface area contributed by atoms with Crippen LogP contribution in [0, 0.1) is 0 Å². The lowest BCUT2D eigenvalue weighted by atomic mass is 9.89. The Bertz CT molecular complexity index is 528. The van der Waals surface area contributed by atoms with Gasteiger partial charge in [-0.05, 0) is 17.2 Å². The highest BCUT2D eigenvalue weighted by atomic mass is 16.5. The van der Waals surface area contributed by atoms with E-state index in [0.29, 0.717) is 6.42 Å². The van der Waals surface area contributed by atoms with E-state index >= 15 is 0 Å². The number of carbonyl (C=O) groups is 1. The average molecular weight is 256 g/mol. The van der Waals surface area contributed by atoms with E-state index in [0.717, 1.165) is 11.1 Å². The molecular weight excluding hydrogens is 240 g/mol. The first-order valence-corrected chi connectivity index (χ1v) is 6.11. The summed E-state index contributed by atoms with van der Waals surface area (Å²) in [5, 5.41) is 9.33. The van der Waals surface area contributed by atoms with E-state index in [1.54, 1.807) is 18.2 Å². The molecule has 98 valence electrons. The Morgan fingerprint density at radius 1 is 1.42 bits per heavy atom. The minimum atomic E-state index is -1.27. The van der Waals surface area contributed by atoms with E-state index in [2.05, 4.69) is 6.58 Å². The van der Waals surface area contributed by atoms with E-state index < -0.39 is 11.6 Å². The third-order valence-corrected chi connectivity index (χ3v) is 3.09. The Morgan fingerprint density at radius 2 is 2.16 bits per heavy atom. The van der Waals surface area contributed by atoms with E-state index in [1.165, 1.54) is 0 Å². The predicted molar refractivity (Wildman–Crippen MR) is 74.7 cm³/mol. The van der Waals surface area contributed by atoms with E-state index in [1.807, 2.05) is 36.4 Å². The maximum atomic E-state index is 11.4. The molecule has 0 saturated carbocycles. The predicted octanol–water partition coefficient (Wildman–Crippen LogP) is 3.06. The van der Waals surface area contributed by atoms with Crippen molar-refractivity contribution in [2.45, 2.75) is 12.0 Å². The molecule has 1 unspecified atom stereocenters. The van der Waals surface area contributed by atoms with Crippen LogP contribution >= 0.6 is 0 Å². The van der Waals surface area contributed by atoms with Gasteiger partial charge >= 0.3 is 5.97 Å². The molecular formula is C16H16O3. The minimum Gasteiger partial charge on any atom is -0.479 e. The molecule has 1 aromatic rings. The fourth-order valence-corrected chi connectivity index (χ4v) is 2.00. The number of rotatable bonds is 5. The van der Waals surface area contributed by atoms with E-state index in [9.17, 15) is 9.90 Å². The summed E-state index contributed by atoms with van der Waals surface area (Å²) in [7, 11) is 0. The van der Waals surface area contributed by atoms with E-state index in [-0.39, 0.29) is 6.61 Å². The third-order valence-electron chi connectivity index (χ3n) is 3.09. The summed E-state index contributed by atoms with van der Waals surface area (Å²) in [6.07, 6.45) is 7.18. The van der Waals surface area contributed by atoms with Gasteiger partial charge in [-0.2, -0.15) is 0 Å². The topological polar surface area (TPSA) is 46.5 Å². The Labute approximate surface area is 112 Å². The van der Waals surface area contributed by atoms with Gasteiger partial charge in [0.15, 0.2) is 5.60 Å². The molecule has 0 spiro atoms. The molecule has 1 N–H and O–H groups in total. The monoisotopic (exact) mass is 256 g/mol. The standard InChI is InChI=1S/C16H16O3/c1-2-12-19-16(15(17)18)10-8-14(9-11-16)13-6-4-3-5-7-13/h2-10H,1,11-12H2,(H,17,18). The molecule has 0 aromatic heterocycles. The molecule has 0 saturated heterocycles. The van der Waals surface area contributed by atoms with Gasteiger partial charge in [0.1, 0.15) is 0 Å². The Kier molecular flexibility index (Phi) is 3.97. The molecule has 1 aromatic carbocycles. The number of ether oxygens (including phenoxy) is 1. The third kappa shape index (κ3) is 2.83. The van der Waals surface area contributed by atoms with E-state index in [4.69, 9.17) is 4.74 Å². The van der Waals surface area contributed by atoms with Crippen LogP contribution < -0.4 is 0 Å². The van der Waals surface area contributed by atoms with Gasteiger partial charge in [0.25, 0.3) is 0 Å². The Morgan fingerprint density at radius 3 is 2.68 bits per heavy atom. The van der Waals surface area contributed by atoms with Crippen molar-refractivity contribution >= 4 is 11.5 Å². The Hall–Kier alpha value is -2.13. The first-order chi connectivity index (χ1) is 9.18. The number of carboxylic acids is 1. The molecule has 0 amide bonds. The number of aliphatic carboxylic acids is 1. The number of carboxylic acid groups (broad SMARTS) is 1. The van der Waals surface area contributed by atoms with Crippen molar-refractivity contribution in [1.29, 1.82) is 0 Å².